The Labute approximate surface area is 147 Å². The number of methoxy groups -OCH3 is 1. The van der Waals surface area contributed by atoms with Crippen LogP contribution in [0.15, 0.2) is 59.9 Å². The molecule has 2 aromatic carbocycles. The molecule has 0 saturated heterocycles. The number of carbonyl (C=O) groups is 1. The number of fused-ring (bicyclic) bond motifs is 1. The Kier molecular flexibility index (Phi) is 4.89. The summed E-state index contributed by atoms with van der Waals surface area (Å²) >= 11 is 0. The molecular formula is C21H20O4. The van der Waals surface area contributed by atoms with Crippen LogP contribution in [0.3, 0.4) is 0 Å². The minimum absolute atomic E-state index is 0.131. The van der Waals surface area contributed by atoms with Gasteiger partial charge in [0.15, 0.2) is 5.76 Å². The third kappa shape index (κ3) is 3.91. The number of Topliss-reactive ketones (excluding diaryl/α,β-unsaturated/α-hetero) is 1. The largest absolute Gasteiger partial charge is 0.497 e. The Morgan fingerprint density at radius 3 is 2.72 bits per heavy atom. The Balaban J connectivity index is 1.80. The number of benzene rings is 2. The minimum atomic E-state index is -0.131. The van der Waals surface area contributed by atoms with Gasteiger partial charge in [-0.15, -0.1) is 0 Å². The van der Waals surface area contributed by atoms with Gasteiger partial charge in [0.1, 0.15) is 23.9 Å². The van der Waals surface area contributed by atoms with Gasteiger partial charge in [0.25, 0.3) is 0 Å². The number of carbonyl (C=O) groups excluding carboxylic acids is 1. The first-order chi connectivity index (χ1) is 12.1. The minimum Gasteiger partial charge on any atom is -0.497 e. The Hall–Kier alpha value is -3.01. The summed E-state index contributed by atoms with van der Waals surface area (Å²) in [5.74, 6) is 2.09. The summed E-state index contributed by atoms with van der Waals surface area (Å²) in [7, 11) is 1.58. The van der Waals surface area contributed by atoms with E-state index in [1.54, 1.807) is 31.4 Å². The van der Waals surface area contributed by atoms with Crippen molar-refractivity contribution in [2.75, 3.05) is 13.7 Å². The Morgan fingerprint density at radius 2 is 1.96 bits per heavy atom. The van der Waals surface area contributed by atoms with Gasteiger partial charge in [-0.2, -0.15) is 0 Å². The molecule has 4 nitrogen and oxygen atoms in total. The van der Waals surface area contributed by atoms with Gasteiger partial charge in [0.05, 0.1) is 12.7 Å². The molecule has 3 rings (SSSR count). The van der Waals surface area contributed by atoms with Crippen molar-refractivity contribution in [2.45, 2.75) is 13.8 Å². The van der Waals surface area contributed by atoms with E-state index in [0.717, 1.165) is 11.3 Å². The maximum atomic E-state index is 12.5. The van der Waals surface area contributed by atoms with Crippen molar-refractivity contribution in [3.63, 3.8) is 0 Å². The van der Waals surface area contributed by atoms with Crippen LogP contribution in [-0.2, 0) is 0 Å². The van der Waals surface area contributed by atoms with E-state index in [4.69, 9.17) is 14.2 Å². The molecule has 0 bridgehead atoms. The van der Waals surface area contributed by atoms with E-state index >= 15 is 0 Å². The lowest BCUT2D eigenvalue weighted by molar-refractivity contribution is 0.101. The van der Waals surface area contributed by atoms with Gasteiger partial charge in [0.2, 0.25) is 5.78 Å². The molecule has 128 valence electrons. The van der Waals surface area contributed by atoms with Gasteiger partial charge in [-0.25, -0.2) is 0 Å². The highest BCUT2D eigenvalue weighted by Crippen LogP contribution is 2.34. The number of hydrogen-bond donors (Lipinski definition) is 0. The molecule has 0 saturated carbocycles. The van der Waals surface area contributed by atoms with Crippen LogP contribution < -0.4 is 14.2 Å². The maximum absolute atomic E-state index is 12.5. The normalized spacial score (nSPS) is 14.0. The van der Waals surface area contributed by atoms with Crippen LogP contribution in [0.2, 0.25) is 0 Å². The summed E-state index contributed by atoms with van der Waals surface area (Å²) in [6.45, 7) is 4.57. The van der Waals surface area contributed by atoms with Crippen LogP contribution in [0.4, 0.5) is 0 Å². The molecule has 0 aromatic heterocycles. The molecule has 4 heteroatoms. The van der Waals surface area contributed by atoms with Crippen molar-refractivity contribution in [1.82, 2.24) is 0 Å². The standard InChI is InChI=1S/C21H20O4/c1-14(2)9-10-24-17-6-4-5-15(11-17)12-20-21(22)18-8-7-16(23-3)13-19(18)25-20/h4-9,11-13H,10H2,1-3H3/b20-12-. The number of allylic oxidation sites excluding steroid dienone is 2. The maximum Gasteiger partial charge on any atom is 0.231 e. The van der Waals surface area contributed by atoms with Crippen LogP contribution in [0.25, 0.3) is 6.08 Å². The number of ether oxygens (including phenoxy) is 3. The van der Waals surface area contributed by atoms with Crippen LogP contribution in [0.5, 0.6) is 17.2 Å². The van der Waals surface area contributed by atoms with E-state index < -0.39 is 0 Å². The fourth-order valence-electron chi connectivity index (χ4n) is 2.44. The van der Waals surface area contributed by atoms with Gasteiger partial charge < -0.3 is 14.2 Å². The number of hydrogen-bond acceptors (Lipinski definition) is 4. The lowest BCUT2D eigenvalue weighted by Gasteiger charge is -2.05. The third-order valence-electron chi connectivity index (χ3n) is 3.77. The highest BCUT2D eigenvalue weighted by molar-refractivity contribution is 6.14. The molecule has 0 unspecified atom stereocenters. The fraction of sp³-hybridized carbons (Fsp3) is 0.190. The molecule has 1 aliphatic heterocycles. The zero-order chi connectivity index (χ0) is 17.8. The van der Waals surface area contributed by atoms with E-state index in [-0.39, 0.29) is 5.78 Å². The smallest absolute Gasteiger partial charge is 0.231 e. The molecule has 1 aliphatic rings. The Morgan fingerprint density at radius 1 is 1.12 bits per heavy atom. The zero-order valence-corrected chi connectivity index (χ0v) is 14.5. The first-order valence-corrected chi connectivity index (χ1v) is 8.05. The molecule has 0 spiro atoms. The van der Waals surface area contributed by atoms with Crippen molar-refractivity contribution >= 4 is 11.9 Å². The summed E-state index contributed by atoms with van der Waals surface area (Å²) in [6, 6.07) is 12.7. The van der Waals surface area contributed by atoms with Crippen molar-refractivity contribution < 1.29 is 19.0 Å². The highest BCUT2D eigenvalue weighted by atomic mass is 16.5. The van der Waals surface area contributed by atoms with Crippen LogP contribution in [0.1, 0.15) is 29.8 Å². The van der Waals surface area contributed by atoms with E-state index in [1.807, 2.05) is 44.2 Å². The number of ketones is 1. The Bertz CT molecular complexity index is 858. The van der Waals surface area contributed by atoms with Crippen molar-refractivity contribution in [1.29, 1.82) is 0 Å². The average Bonchev–Trinajstić information content (AvgIpc) is 2.90. The van der Waals surface area contributed by atoms with E-state index in [0.29, 0.717) is 29.4 Å². The second-order valence-electron chi connectivity index (χ2n) is 5.97. The molecule has 0 N–H and O–H groups in total. The van der Waals surface area contributed by atoms with Crippen molar-refractivity contribution in [2.24, 2.45) is 0 Å². The van der Waals surface area contributed by atoms with Gasteiger partial charge in [-0.1, -0.05) is 17.7 Å². The second kappa shape index (κ2) is 7.26. The first-order valence-electron chi connectivity index (χ1n) is 8.05. The molecule has 0 atom stereocenters. The molecule has 0 aliphatic carbocycles. The summed E-state index contributed by atoms with van der Waals surface area (Å²) in [5, 5.41) is 0. The summed E-state index contributed by atoms with van der Waals surface area (Å²) in [4.78, 5) is 12.5. The zero-order valence-electron chi connectivity index (χ0n) is 14.5. The summed E-state index contributed by atoms with van der Waals surface area (Å²) < 4.78 is 16.6. The molecule has 2 aromatic rings. The van der Waals surface area contributed by atoms with E-state index in [1.165, 1.54) is 5.57 Å². The van der Waals surface area contributed by atoms with Crippen LogP contribution in [0, 0.1) is 0 Å². The van der Waals surface area contributed by atoms with Gasteiger partial charge in [0, 0.05) is 6.07 Å². The summed E-state index contributed by atoms with van der Waals surface area (Å²) in [5.41, 5.74) is 2.59. The van der Waals surface area contributed by atoms with Gasteiger partial charge in [-0.3, -0.25) is 4.79 Å². The van der Waals surface area contributed by atoms with Gasteiger partial charge >= 0.3 is 0 Å². The molecule has 1 heterocycles. The predicted molar refractivity (Wildman–Crippen MR) is 97.3 cm³/mol. The highest BCUT2D eigenvalue weighted by Gasteiger charge is 2.27. The predicted octanol–water partition coefficient (Wildman–Crippen LogP) is 4.66. The second-order valence-corrected chi connectivity index (χ2v) is 5.97. The lowest BCUT2D eigenvalue weighted by Crippen LogP contribution is -1.98. The molecule has 0 amide bonds. The van der Waals surface area contributed by atoms with Crippen LogP contribution >= 0.6 is 0 Å². The molecule has 25 heavy (non-hydrogen) atoms. The molecular weight excluding hydrogens is 316 g/mol. The molecule has 0 fully saturated rings. The quantitative estimate of drug-likeness (QED) is 0.588. The average molecular weight is 336 g/mol. The monoisotopic (exact) mass is 336 g/mol. The fourth-order valence-corrected chi connectivity index (χ4v) is 2.44. The molecule has 0 radical (unpaired) electrons. The van der Waals surface area contributed by atoms with E-state index in [2.05, 4.69) is 0 Å². The lowest BCUT2D eigenvalue weighted by atomic mass is 10.1. The number of rotatable bonds is 5. The third-order valence-corrected chi connectivity index (χ3v) is 3.77. The van der Waals surface area contributed by atoms with Crippen LogP contribution in [-0.4, -0.2) is 19.5 Å². The van der Waals surface area contributed by atoms with Crippen molar-refractivity contribution in [3.8, 4) is 17.2 Å². The van der Waals surface area contributed by atoms with E-state index in [9.17, 15) is 4.79 Å². The van der Waals surface area contributed by atoms with Crippen molar-refractivity contribution in [3.05, 3.63) is 71.0 Å². The SMILES string of the molecule is COc1ccc2c(c1)O/C(=C\c1cccc(OCC=C(C)C)c1)C2=O. The summed E-state index contributed by atoms with van der Waals surface area (Å²) in [6.07, 6.45) is 3.74. The first kappa shape index (κ1) is 16.8. The van der Waals surface area contributed by atoms with Gasteiger partial charge in [-0.05, 0) is 55.8 Å². The topological polar surface area (TPSA) is 44.8 Å².